The molecule has 0 fully saturated rings. The minimum atomic E-state index is -3.89. The van der Waals surface area contributed by atoms with Gasteiger partial charge in [0.25, 0.3) is 0 Å². The lowest BCUT2D eigenvalue weighted by Gasteiger charge is -2.22. The average Bonchev–Trinajstić information content (AvgIpc) is 2.61. The van der Waals surface area contributed by atoms with Crippen LogP contribution in [0.2, 0.25) is 0 Å². The molecule has 0 atom stereocenters. The van der Waals surface area contributed by atoms with Crippen molar-refractivity contribution in [3.63, 3.8) is 0 Å². The van der Waals surface area contributed by atoms with Gasteiger partial charge in [-0.25, -0.2) is 14.3 Å². The Kier molecular flexibility index (Phi) is 6.13. The topological polar surface area (TPSA) is 102 Å². The second-order valence-electron chi connectivity index (χ2n) is 5.46. The van der Waals surface area contributed by atoms with E-state index in [0.29, 0.717) is 11.3 Å². The van der Waals surface area contributed by atoms with Crippen LogP contribution in [0.15, 0.2) is 53.4 Å². The van der Waals surface area contributed by atoms with Gasteiger partial charge in [0.15, 0.2) is 0 Å². The highest BCUT2D eigenvalue weighted by Crippen LogP contribution is 2.24. The predicted molar refractivity (Wildman–Crippen MR) is 94.1 cm³/mol. The molecule has 2 aromatic rings. The summed E-state index contributed by atoms with van der Waals surface area (Å²) in [6, 6.07) is 13.6. The average molecular weight is 363 g/mol. The van der Waals surface area contributed by atoms with E-state index in [0.717, 1.165) is 9.87 Å². The van der Waals surface area contributed by atoms with Crippen LogP contribution in [0.25, 0.3) is 0 Å². The van der Waals surface area contributed by atoms with Crippen molar-refractivity contribution in [1.82, 2.24) is 9.73 Å². The molecule has 0 saturated carbocycles. The standard InChI is InChI=1S/C17H21N3O4S/c1-13-10-15(8-9-16(13)24-2)25(22,23)20(12-17(21)19-18)11-14-6-4-3-5-7-14/h3-10H,11-12,18H2,1-2H3,(H,19,21). The predicted octanol–water partition coefficient (Wildman–Crippen LogP) is 1.18. The molecule has 0 unspecified atom stereocenters. The summed E-state index contributed by atoms with van der Waals surface area (Å²) < 4.78 is 32.3. The zero-order valence-corrected chi connectivity index (χ0v) is 14.9. The molecule has 0 heterocycles. The smallest absolute Gasteiger partial charge is 0.249 e. The van der Waals surface area contributed by atoms with E-state index >= 15 is 0 Å². The largest absolute Gasteiger partial charge is 0.496 e. The third-order valence-electron chi connectivity index (χ3n) is 3.69. The van der Waals surface area contributed by atoms with Crippen molar-refractivity contribution < 1.29 is 17.9 Å². The van der Waals surface area contributed by atoms with Crippen molar-refractivity contribution in [2.75, 3.05) is 13.7 Å². The molecule has 0 bridgehead atoms. The third-order valence-corrected chi connectivity index (χ3v) is 5.47. The molecule has 0 radical (unpaired) electrons. The fraction of sp³-hybridized carbons (Fsp3) is 0.235. The first-order valence-corrected chi connectivity index (χ1v) is 9.00. The summed E-state index contributed by atoms with van der Waals surface area (Å²) in [6.07, 6.45) is 0. The van der Waals surface area contributed by atoms with Crippen LogP contribution in [0.4, 0.5) is 0 Å². The van der Waals surface area contributed by atoms with Crippen molar-refractivity contribution in [3.8, 4) is 5.75 Å². The van der Waals surface area contributed by atoms with Gasteiger partial charge in [-0.2, -0.15) is 4.31 Å². The van der Waals surface area contributed by atoms with Crippen LogP contribution >= 0.6 is 0 Å². The lowest BCUT2D eigenvalue weighted by atomic mass is 10.2. The van der Waals surface area contributed by atoms with E-state index in [1.54, 1.807) is 37.3 Å². The van der Waals surface area contributed by atoms with Gasteiger partial charge in [0.05, 0.1) is 18.6 Å². The van der Waals surface area contributed by atoms with Crippen molar-refractivity contribution in [1.29, 1.82) is 0 Å². The molecule has 7 nitrogen and oxygen atoms in total. The number of nitrogens with zero attached hydrogens (tertiary/aromatic N) is 1. The Balaban J connectivity index is 2.40. The number of methoxy groups -OCH3 is 1. The number of aryl methyl sites for hydroxylation is 1. The SMILES string of the molecule is COc1ccc(S(=O)(=O)N(CC(=O)NN)Cc2ccccc2)cc1C. The zero-order valence-electron chi connectivity index (χ0n) is 14.1. The van der Waals surface area contributed by atoms with E-state index in [2.05, 4.69) is 0 Å². The summed E-state index contributed by atoms with van der Waals surface area (Å²) in [5.41, 5.74) is 3.42. The Morgan fingerprint density at radius 3 is 2.44 bits per heavy atom. The van der Waals surface area contributed by atoms with Crippen LogP contribution in [0.3, 0.4) is 0 Å². The zero-order chi connectivity index (χ0) is 18.4. The van der Waals surface area contributed by atoms with E-state index in [1.165, 1.54) is 19.2 Å². The summed E-state index contributed by atoms with van der Waals surface area (Å²) in [5.74, 6) is 5.12. The van der Waals surface area contributed by atoms with E-state index in [4.69, 9.17) is 10.6 Å². The van der Waals surface area contributed by atoms with Crippen molar-refractivity contribution >= 4 is 15.9 Å². The Labute approximate surface area is 147 Å². The van der Waals surface area contributed by atoms with E-state index in [9.17, 15) is 13.2 Å². The van der Waals surface area contributed by atoms with Gasteiger partial charge in [-0.15, -0.1) is 0 Å². The minimum Gasteiger partial charge on any atom is -0.496 e. The number of hydrazine groups is 1. The number of nitrogens with two attached hydrogens (primary N) is 1. The highest BCUT2D eigenvalue weighted by molar-refractivity contribution is 7.89. The van der Waals surface area contributed by atoms with Crippen LogP contribution in [-0.2, 0) is 21.4 Å². The fourth-order valence-electron chi connectivity index (χ4n) is 2.38. The van der Waals surface area contributed by atoms with Gasteiger partial charge < -0.3 is 4.74 Å². The lowest BCUT2D eigenvalue weighted by molar-refractivity contribution is -0.121. The van der Waals surface area contributed by atoms with Crippen LogP contribution in [-0.4, -0.2) is 32.3 Å². The first-order valence-electron chi connectivity index (χ1n) is 7.56. The number of sulfonamides is 1. The van der Waals surface area contributed by atoms with Crippen LogP contribution in [0.1, 0.15) is 11.1 Å². The number of amides is 1. The summed E-state index contributed by atoms with van der Waals surface area (Å²) in [5, 5.41) is 0. The Morgan fingerprint density at radius 2 is 1.88 bits per heavy atom. The highest BCUT2D eigenvalue weighted by Gasteiger charge is 2.27. The summed E-state index contributed by atoms with van der Waals surface area (Å²) in [6.45, 7) is 1.44. The molecule has 3 N–H and O–H groups in total. The van der Waals surface area contributed by atoms with Crippen molar-refractivity contribution in [2.45, 2.75) is 18.4 Å². The molecule has 8 heteroatoms. The molecule has 0 aliphatic heterocycles. The van der Waals surface area contributed by atoms with Crippen LogP contribution < -0.4 is 16.0 Å². The van der Waals surface area contributed by atoms with E-state index in [-0.39, 0.29) is 18.0 Å². The second kappa shape index (κ2) is 8.11. The maximum absolute atomic E-state index is 13.0. The monoisotopic (exact) mass is 363 g/mol. The van der Waals surface area contributed by atoms with Gasteiger partial charge in [0.2, 0.25) is 15.9 Å². The Bertz CT molecular complexity index is 838. The molecule has 2 rings (SSSR count). The van der Waals surface area contributed by atoms with E-state index < -0.39 is 15.9 Å². The summed E-state index contributed by atoms with van der Waals surface area (Å²) in [7, 11) is -2.37. The maximum atomic E-state index is 13.0. The number of rotatable bonds is 7. The molecule has 1 amide bonds. The Morgan fingerprint density at radius 1 is 1.20 bits per heavy atom. The Hall–Kier alpha value is -2.42. The van der Waals surface area contributed by atoms with Gasteiger partial charge in [-0.3, -0.25) is 10.2 Å². The molecular formula is C17H21N3O4S. The molecule has 2 aromatic carbocycles. The quantitative estimate of drug-likeness (QED) is 0.437. The number of hydrogen-bond acceptors (Lipinski definition) is 5. The lowest BCUT2D eigenvalue weighted by Crippen LogP contribution is -2.42. The fourth-order valence-corrected chi connectivity index (χ4v) is 3.85. The molecule has 0 aliphatic rings. The van der Waals surface area contributed by atoms with Crippen LogP contribution in [0.5, 0.6) is 5.75 Å². The maximum Gasteiger partial charge on any atom is 0.249 e. The summed E-state index contributed by atoms with van der Waals surface area (Å²) in [4.78, 5) is 11.8. The first-order chi connectivity index (χ1) is 11.9. The number of benzene rings is 2. The minimum absolute atomic E-state index is 0.0572. The molecule has 0 saturated heterocycles. The number of carbonyl (C=O) groups is 1. The van der Waals surface area contributed by atoms with Crippen LogP contribution in [0, 0.1) is 6.92 Å². The highest BCUT2D eigenvalue weighted by atomic mass is 32.2. The van der Waals surface area contributed by atoms with Gasteiger partial charge in [-0.05, 0) is 36.2 Å². The molecular weight excluding hydrogens is 342 g/mol. The first kappa shape index (κ1) is 18.9. The molecule has 0 aliphatic carbocycles. The van der Waals surface area contributed by atoms with Gasteiger partial charge in [0, 0.05) is 6.54 Å². The number of hydrogen-bond donors (Lipinski definition) is 2. The number of nitrogens with one attached hydrogen (secondary N) is 1. The van der Waals surface area contributed by atoms with E-state index in [1.807, 2.05) is 11.5 Å². The molecule has 25 heavy (non-hydrogen) atoms. The third kappa shape index (κ3) is 4.56. The normalized spacial score (nSPS) is 11.4. The van der Waals surface area contributed by atoms with Gasteiger partial charge in [-0.1, -0.05) is 30.3 Å². The summed E-state index contributed by atoms with van der Waals surface area (Å²) >= 11 is 0. The molecule has 134 valence electrons. The molecule has 0 aromatic heterocycles. The van der Waals surface area contributed by atoms with Gasteiger partial charge >= 0.3 is 0 Å². The molecule has 0 spiro atoms. The number of ether oxygens (including phenoxy) is 1. The number of carbonyl (C=O) groups excluding carboxylic acids is 1. The second-order valence-corrected chi connectivity index (χ2v) is 7.40. The van der Waals surface area contributed by atoms with Crippen molar-refractivity contribution in [2.24, 2.45) is 5.84 Å². The van der Waals surface area contributed by atoms with Crippen molar-refractivity contribution in [3.05, 3.63) is 59.7 Å². The van der Waals surface area contributed by atoms with Gasteiger partial charge in [0.1, 0.15) is 5.75 Å².